The molecule has 1 amide bonds. The molecule has 0 saturated carbocycles. The molecule has 0 bridgehead atoms. The number of fused-ring (bicyclic) bond motifs is 1. The number of aromatic nitrogens is 2. The fourth-order valence-electron chi connectivity index (χ4n) is 3.60. The van der Waals surface area contributed by atoms with Crippen molar-refractivity contribution in [3.05, 3.63) is 89.7 Å². The average Bonchev–Trinajstić information content (AvgIpc) is 3.08. The molecular formula is C25H23N3O3. The van der Waals surface area contributed by atoms with Crippen LogP contribution in [0.5, 0.6) is 0 Å². The number of carbonyl (C=O) groups excluding carboxylic acids is 2. The predicted molar refractivity (Wildman–Crippen MR) is 120 cm³/mol. The number of benzene rings is 3. The van der Waals surface area contributed by atoms with Crippen LogP contribution < -0.4 is 5.32 Å². The molecule has 0 spiro atoms. The van der Waals surface area contributed by atoms with Gasteiger partial charge in [0.25, 0.3) is 5.91 Å². The van der Waals surface area contributed by atoms with Crippen LogP contribution in [0.1, 0.15) is 28.7 Å². The Balaban J connectivity index is 1.51. The monoisotopic (exact) mass is 413 g/mol. The minimum atomic E-state index is -0.967. The zero-order valence-corrected chi connectivity index (χ0v) is 17.6. The number of para-hydroxylation sites is 1. The molecule has 0 saturated heterocycles. The lowest BCUT2D eigenvalue weighted by Crippen LogP contribution is -2.30. The highest BCUT2D eigenvalue weighted by Gasteiger charge is 2.25. The van der Waals surface area contributed by atoms with Crippen molar-refractivity contribution < 1.29 is 14.3 Å². The van der Waals surface area contributed by atoms with Crippen molar-refractivity contribution >= 4 is 28.3 Å². The van der Waals surface area contributed by atoms with Gasteiger partial charge in [-0.1, -0.05) is 54.6 Å². The van der Waals surface area contributed by atoms with Crippen LogP contribution >= 0.6 is 0 Å². The Labute approximate surface area is 180 Å². The van der Waals surface area contributed by atoms with Crippen molar-refractivity contribution in [1.82, 2.24) is 9.78 Å². The first-order chi connectivity index (χ1) is 15.0. The van der Waals surface area contributed by atoms with Gasteiger partial charge in [-0.25, -0.2) is 9.48 Å². The van der Waals surface area contributed by atoms with Crippen LogP contribution in [0, 0.1) is 13.8 Å². The summed E-state index contributed by atoms with van der Waals surface area (Å²) in [4.78, 5) is 25.6. The van der Waals surface area contributed by atoms with Crippen molar-refractivity contribution in [2.75, 3.05) is 5.32 Å². The molecule has 1 N–H and O–H groups in total. The maximum absolute atomic E-state index is 12.9. The number of nitrogens with zero attached hydrogens (tertiary/aromatic N) is 2. The Morgan fingerprint density at radius 1 is 0.935 bits per heavy atom. The largest absolute Gasteiger partial charge is 0.449 e. The van der Waals surface area contributed by atoms with E-state index in [0.29, 0.717) is 22.6 Å². The first-order valence-electron chi connectivity index (χ1n) is 10.1. The van der Waals surface area contributed by atoms with E-state index in [1.165, 1.54) is 0 Å². The van der Waals surface area contributed by atoms with E-state index in [9.17, 15) is 9.59 Å². The number of aryl methyl sites for hydroxylation is 1. The summed E-state index contributed by atoms with van der Waals surface area (Å²) in [5, 5.41) is 9.28. The Bertz CT molecular complexity index is 1260. The van der Waals surface area contributed by atoms with Crippen LogP contribution in [-0.2, 0) is 9.53 Å². The van der Waals surface area contributed by atoms with Gasteiger partial charge >= 0.3 is 5.97 Å². The number of nitrogens with one attached hydrogen (secondary N) is 1. The molecule has 0 aliphatic rings. The third-order valence-electron chi connectivity index (χ3n) is 5.20. The Kier molecular flexibility index (Phi) is 5.54. The normalized spacial score (nSPS) is 11.8. The van der Waals surface area contributed by atoms with Crippen LogP contribution in [0.15, 0.2) is 72.8 Å². The van der Waals surface area contributed by atoms with Crippen molar-refractivity contribution in [2.24, 2.45) is 0 Å². The fourth-order valence-corrected chi connectivity index (χ4v) is 3.60. The van der Waals surface area contributed by atoms with Gasteiger partial charge in [-0.2, -0.15) is 5.10 Å². The van der Waals surface area contributed by atoms with Crippen LogP contribution in [0.2, 0.25) is 0 Å². The van der Waals surface area contributed by atoms with Gasteiger partial charge < -0.3 is 10.1 Å². The Morgan fingerprint density at radius 2 is 1.61 bits per heavy atom. The van der Waals surface area contributed by atoms with E-state index in [1.54, 1.807) is 18.5 Å². The van der Waals surface area contributed by atoms with E-state index in [4.69, 9.17) is 4.74 Å². The van der Waals surface area contributed by atoms with E-state index < -0.39 is 18.0 Å². The van der Waals surface area contributed by atoms with Gasteiger partial charge in [0, 0.05) is 11.1 Å². The van der Waals surface area contributed by atoms with Crippen LogP contribution in [0.4, 0.5) is 5.69 Å². The lowest BCUT2D eigenvalue weighted by molar-refractivity contribution is -0.123. The van der Waals surface area contributed by atoms with Crippen molar-refractivity contribution in [3.8, 4) is 5.69 Å². The summed E-state index contributed by atoms with van der Waals surface area (Å²) in [6.07, 6.45) is -0.967. The molecule has 6 heteroatoms. The van der Waals surface area contributed by atoms with E-state index in [2.05, 4.69) is 10.4 Å². The van der Waals surface area contributed by atoms with E-state index in [0.717, 1.165) is 16.5 Å². The predicted octanol–water partition coefficient (Wildman–Crippen LogP) is 4.83. The highest BCUT2D eigenvalue weighted by Crippen LogP contribution is 2.24. The highest BCUT2D eigenvalue weighted by molar-refractivity contribution is 6.04. The third kappa shape index (κ3) is 4.05. The van der Waals surface area contributed by atoms with Gasteiger partial charge in [0.05, 0.1) is 17.1 Å². The molecule has 1 atom stereocenters. The second kappa shape index (κ2) is 8.44. The Morgan fingerprint density at radius 3 is 2.39 bits per heavy atom. The lowest BCUT2D eigenvalue weighted by atomic mass is 10.1. The summed E-state index contributed by atoms with van der Waals surface area (Å²) in [6.45, 7) is 5.12. The first kappa shape index (κ1) is 20.3. The molecule has 3 aromatic carbocycles. The summed E-state index contributed by atoms with van der Waals surface area (Å²) in [6, 6.07) is 23.0. The summed E-state index contributed by atoms with van der Waals surface area (Å²) in [5.74, 6) is -0.965. The number of hydrogen-bond donors (Lipinski definition) is 1. The summed E-state index contributed by atoms with van der Waals surface area (Å²) in [7, 11) is 0. The molecule has 6 nitrogen and oxygen atoms in total. The molecule has 31 heavy (non-hydrogen) atoms. The number of hydrogen-bond acceptors (Lipinski definition) is 4. The number of esters is 1. The zero-order valence-electron chi connectivity index (χ0n) is 17.6. The number of anilines is 1. The van der Waals surface area contributed by atoms with Crippen molar-refractivity contribution in [2.45, 2.75) is 26.9 Å². The van der Waals surface area contributed by atoms with Crippen LogP contribution in [0.25, 0.3) is 16.5 Å². The van der Waals surface area contributed by atoms with Crippen LogP contribution in [-0.4, -0.2) is 27.8 Å². The third-order valence-corrected chi connectivity index (χ3v) is 5.20. The molecule has 4 rings (SSSR count). The quantitative estimate of drug-likeness (QED) is 0.476. The highest BCUT2D eigenvalue weighted by atomic mass is 16.5. The minimum absolute atomic E-state index is 0.369. The number of ether oxygens (including phenoxy) is 1. The molecule has 0 radical (unpaired) electrons. The van der Waals surface area contributed by atoms with Crippen LogP contribution in [0.3, 0.4) is 0 Å². The molecule has 156 valence electrons. The summed E-state index contributed by atoms with van der Waals surface area (Å²) < 4.78 is 7.19. The second-order valence-electron chi connectivity index (χ2n) is 7.36. The topological polar surface area (TPSA) is 73.2 Å². The molecule has 0 aliphatic carbocycles. The number of rotatable bonds is 5. The molecule has 0 unspecified atom stereocenters. The summed E-state index contributed by atoms with van der Waals surface area (Å²) >= 11 is 0. The maximum atomic E-state index is 12.9. The molecular weight excluding hydrogens is 390 g/mol. The minimum Gasteiger partial charge on any atom is -0.449 e. The van der Waals surface area contributed by atoms with Gasteiger partial charge in [-0.15, -0.1) is 0 Å². The molecule has 4 aromatic rings. The van der Waals surface area contributed by atoms with E-state index in [1.807, 2.05) is 79.7 Å². The first-order valence-corrected chi connectivity index (χ1v) is 10.1. The van der Waals surface area contributed by atoms with Gasteiger partial charge in [0.15, 0.2) is 6.10 Å². The van der Waals surface area contributed by atoms with E-state index in [-0.39, 0.29) is 0 Å². The second-order valence-corrected chi connectivity index (χ2v) is 7.36. The SMILES string of the molecule is Cc1nn(-c2ccccc2)c(C)c1C(=O)O[C@H](C)C(=O)Nc1cccc2ccccc12. The van der Waals surface area contributed by atoms with Crippen molar-refractivity contribution in [3.63, 3.8) is 0 Å². The smallest absolute Gasteiger partial charge is 0.342 e. The van der Waals surface area contributed by atoms with Gasteiger partial charge in [0.1, 0.15) is 5.56 Å². The van der Waals surface area contributed by atoms with Gasteiger partial charge in [-0.05, 0) is 44.4 Å². The molecule has 1 aromatic heterocycles. The molecule has 0 fully saturated rings. The number of carbonyl (C=O) groups is 2. The lowest BCUT2D eigenvalue weighted by Gasteiger charge is -2.15. The number of amides is 1. The van der Waals surface area contributed by atoms with E-state index >= 15 is 0 Å². The standard InChI is InChI=1S/C25H23N3O3/c1-16-23(17(2)28(27-16)20-12-5-4-6-13-20)25(30)31-18(3)24(29)26-22-15-9-11-19-10-7-8-14-21(19)22/h4-15,18H,1-3H3,(H,26,29)/t18-/m1/s1. The van der Waals surface area contributed by atoms with Gasteiger partial charge in [0.2, 0.25) is 0 Å². The van der Waals surface area contributed by atoms with Gasteiger partial charge in [-0.3, -0.25) is 4.79 Å². The summed E-state index contributed by atoms with van der Waals surface area (Å²) in [5.41, 5.74) is 3.11. The molecule has 1 heterocycles. The maximum Gasteiger partial charge on any atom is 0.342 e. The average molecular weight is 413 g/mol. The fraction of sp³-hybridized carbons (Fsp3) is 0.160. The molecule has 0 aliphatic heterocycles. The Hall–Kier alpha value is -3.93. The zero-order chi connectivity index (χ0) is 22.0. The van der Waals surface area contributed by atoms with Crippen molar-refractivity contribution in [1.29, 1.82) is 0 Å².